The molecule has 0 spiro atoms. The van der Waals surface area contributed by atoms with E-state index >= 15 is 0 Å². The highest BCUT2D eigenvalue weighted by Crippen LogP contribution is 2.37. The molecule has 2 atom stereocenters. The average Bonchev–Trinajstić information content (AvgIpc) is 3.33. The first kappa shape index (κ1) is 21.6. The van der Waals surface area contributed by atoms with Crippen molar-refractivity contribution in [2.24, 2.45) is 5.92 Å². The molecule has 0 radical (unpaired) electrons. The van der Waals surface area contributed by atoms with Crippen LogP contribution >= 0.6 is 0 Å². The van der Waals surface area contributed by atoms with Gasteiger partial charge in [-0.1, -0.05) is 26.2 Å². The summed E-state index contributed by atoms with van der Waals surface area (Å²) < 4.78 is 13.5. The van der Waals surface area contributed by atoms with Gasteiger partial charge in [-0.2, -0.15) is 0 Å². The Balaban J connectivity index is 1.48. The molecule has 9 heteroatoms. The first-order valence-corrected chi connectivity index (χ1v) is 12.7. The second-order valence-electron chi connectivity index (χ2n) is 10.1. The molecular weight excluding hydrogens is 432 g/mol. The fourth-order valence-corrected chi connectivity index (χ4v) is 5.89. The SMILES string of the molecule is CC1CCCN(C(c2cc3cc4c(cc3[nH]c2=O)OCCO4)c2nnnn2C2CCCCC2)C1. The summed E-state index contributed by atoms with van der Waals surface area (Å²) in [6.45, 7) is 5.16. The van der Waals surface area contributed by atoms with E-state index in [1.807, 2.05) is 22.9 Å². The Kier molecular flexibility index (Phi) is 5.72. The number of ether oxygens (including phenoxy) is 2. The van der Waals surface area contributed by atoms with Crippen molar-refractivity contribution in [1.29, 1.82) is 0 Å². The van der Waals surface area contributed by atoms with Gasteiger partial charge in [-0.25, -0.2) is 4.68 Å². The largest absolute Gasteiger partial charge is 0.486 e. The molecule has 0 bridgehead atoms. The highest BCUT2D eigenvalue weighted by atomic mass is 16.6. The van der Waals surface area contributed by atoms with Crippen molar-refractivity contribution in [3.8, 4) is 11.5 Å². The van der Waals surface area contributed by atoms with Gasteiger partial charge in [0.1, 0.15) is 19.3 Å². The standard InChI is InChI=1S/C25H32N6O3/c1-16-6-5-9-30(15-16)23(24-27-28-29-31(24)18-7-3-2-4-8-18)19-12-17-13-21-22(34-11-10-33-21)14-20(17)26-25(19)32/h12-14,16,18,23H,2-11,15H2,1H3,(H,26,32). The molecule has 0 amide bonds. The van der Waals surface area contributed by atoms with Crippen molar-refractivity contribution in [1.82, 2.24) is 30.1 Å². The zero-order valence-electron chi connectivity index (χ0n) is 19.7. The molecule has 1 N–H and O–H groups in total. The number of rotatable bonds is 4. The van der Waals surface area contributed by atoms with E-state index in [0.29, 0.717) is 42.2 Å². The summed E-state index contributed by atoms with van der Waals surface area (Å²) in [6.07, 6.45) is 8.12. The number of aromatic amines is 1. The maximum absolute atomic E-state index is 13.5. The van der Waals surface area contributed by atoms with Crippen LogP contribution in [-0.2, 0) is 0 Å². The van der Waals surface area contributed by atoms with Gasteiger partial charge in [0.2, 0.25) is 0 Å². The molecule has 2 aromatic heterocycles. The number of nitrogens with one attached hydrogen (secondary N) is 1. The van der Waals surface area contributed by atoms with Crippen molar-refractivity contribution in [2.75, 3.05) is 26.3 Å². The van der Waals surface area contributed by atoms with Crippen molar-refractivity contribution < 1.29 is 9.47 Å². The van der Waals surface area contributed by atoms with Crippen LogP contribution in [-0.4, -0.2) is 56.4 Å². The maximum Gasteiger partial charge on any atom is 0.253 e. The van der Waals surface area contributed by atoms with E-state index in [2.05, 4.69) is 32.3 Å². The number of aromatic nitrogens is 5. The number of pyridine rings is 1. The van der Waals surface area contributed by atoms with E-state index in [4.69, 9.17) is 9.47 Å². The molecular formula is C25H32N6O3. The quantitative estimate of drug-likeness (QED) is 0.630. The van der Waals surface area contributed by atoms with Crippen molar-refractivity contribution in [3.63, 3.8) is 0 Å². The van der Waals surface area contributed by atoms with Gasteiger partial charge >= 0.3 is 0 Å². The molecule has 1 saturated heterocycles. The minimum Gasteiger partial charge on any atom is -0.486 e. The molecule has 1 aliphatic carbocycles. The van der Waals surface area contributed by atoms with Crippen LogP contribution in [0.4, 0.5) is 0 Å². The number of fused-ring (bicyclic) bond motifs is 2. The van der Waals surface area contributed by atoms with E-state index in [1.54, 1.807) is 0 Å². The van der Waals surface area contributed by atoms with Crippen molar-refractivity contribution in [3.05, 3.63) is 39.9 Å². The molecule has 3 aromatic rings. The summed E-state index contributed by atoms with van der Waals surface area (Å²) in [5.74, 6) is 2.73. The number of nitrogens with zero attached hydrogens (tertiary/aromatic N) is 5. The predicted octanol–water partition coefficient (Wildman–Crippen LogP) is 3.61. The third-order valence-corrected chi connectivity index (χ3v) is 7.57. The van der Waals surface area contributed by atoms with Gasteiger partial charge in [0.05, 0.1) is 11.6 Å². The van der Waals surface area contributed by atoms with Gasteiger partial charge in [-0.05, 0) is 60.7 Å². The molecule has 4 heterocycles. The molecule has 3 aliphatic rings. The normalized spacial score (nSPS) is 22.7. The molecule has 1 saturated carbocycles. The Labute approximate surface area is 198 Å². The summed E-state index contributed by atoms with van der Waals surface area (Å²) in [5.41, 5.74) is 1.33. The minimum atomic E-state index is -0.291. The molecule has 2 aliphatic heterocycles. The number of H-pyrrole nitrogens is 1. The highest BCUT2D eigenvalue weighted by molar-refractivity contribution is 5.83. The van der Waals surface area contributed by atoms with E-state index in [-0.39, 0.29) is 11.6 Å². The van der Waals surface area contributed by atoms with Crippen LogP contribution in [0.5, 0.6) is 11.5 Å². The minimum absolute atomic E-state index is 0.106. The summed E-state index contributed by atoms with van der Waals surface area (Å²) >= 11 is 0. The third kappa shape index (κ3) is 3.96. The fourth-order valence-electron chi connectivity index (χ4n) is 5.89. The van der Waals surface area contributed by atoms with Crippen molar-refractivity contribution >= 4 is 10.9 Å². The van der Waals surface area contributed by atoms with E-state index < -0.39 is 0 Å². The lowest BCUT2D eigenvalue weighted by atomic mass is 9.93. The maximum atomic E-state index is 13.5. The van der Waals surface area contributed by atoms with E-state index in [0.717, 1.165) is 49.1 Å². The lowest BCUT2D eigenvalue weighted by Crippen LogP contribution is -2.41. The number of piperidine rings is 1. The second-order valence-corrected chi connectivity index (χ2v) is 10.1. The summed E-state index contributed by atoms with van der Waals surface area (Å²) in [6, 6.07) is 5.82. The summed E-state index contributed by atoms with van der Waals surface area (Å²) in [5, 5.41) is 14.0. The van der Waals surface area contributed by atoms with Crippen LogP contribution in [0, 0.1) is 5.92 Å². The lowest BCUT2D eigenvalue weighted by Gasteiger charge is -2.37. The van der Waals surface area contributed by atoms with E-state index in [9.17, 15) is 4.79 Å². The Bertz CT molecular complexity index is 1230. The Morgan fingerprint density at radius 2 is 1.82 bits per heavy atom. The lowest BCUT2D eigenvalue weighted by molar-refractivity contribution is 0.138. The number of tetrazole rings is 1. The van der Waals surface area contributed by atoms with Crippen LogP contribution in [0.3, 0.4) is 0 Å². The zero-order valence-corrected chi connectivity index (χ0v) is 19.7. The van der Waals surface area contributed by atoms with Gasteiger partial charge in [0, 0.05) is 23.6 Å². The predicted molar refractivity (Wildman–Crippen MR) is 127 cm³/mol. The summed E-state index contributed by atoms with van der Waals surface area (Å²) in [4.78, 5) is 19.0. The van der Waals surface area contributed by atoms with Crippen LogP contribution in [0.25, 0.3) is 10.9 Å². The van der Waals surface area contributed by atoms with Crippen LogP contribution in [0.2, 0.25) is 0 Å². The van der Waals surface area contributed by atoms with Gasteiger partial charge in [-0.15, -0.1) is 5.10 Å². The highest BCUT2D eigenvalue weighted by Gasteiger charge is 2.34. The summed E-state index contributed by atoms with van der Waals surface area (Å²) in [7, 11) is 0. The average molecular weight is 465 g/mol. The van der Waals surface area contributed by atoms with E-state index in [1.165, 1.54) is 25.7 Å². The van der Waals surface area contributed by atoms with Crippen molar-refractivity contribution in [2.45, 2.75) is 64.0 Å². The molecule has 1 aromatic carbocycles. The number of hydrogen-bond acceptors (Lipinski definition) is 7. The van der Waals surface area contributed by atoms with Crippen LogP contribution < -0.4 is 15.0 Å². The molecule has 6 rings (SSSR count). The topological polar surface area (TPSA) is 98.2 Å². The number of hydrogen-bond donors (Lipinski definition) is 1. The van der Waals surface area contributed by atoms with Crippen LogP contribution in [0.1, 0.15) is 75.3 Å². The third-order valence-electron chi connectivity index (χ3n) is 7.57. The molecule has 34 heavy (non-hydrogen) atoms. The molecule has 9 nitrogen and oxygen atoms in total. The fraction of sp³-hybridized carbons (Fsp3) is 0.600. The Hall–Kier alpha value is -2.94. The first-order valence-electron chi connectivity index (χ1n) is 12.7. The molecule has 180 valence electrons. The Morgan fingerprint density at radius 3 is 2.62 bits per heavy atom. The second kappa shape index (κ2) is 9.02. The first-order chi connectivity index (χ1) is 16.7. The number of likely N-dealkylation sites (tertiary alicyclic amines) is 1. The monoisotopic (exact) mass is 464 g/mol. The Morgan fingerprint density at radius 1 is 1.03 bits per heavy atom. The number of benzene rings is 1. The van der Waals surface area contributed by atoms with Gasteiger partial charge in [0.25, 0.3) is 5.56 Å². The smallest absolute Gasteiger partial charge is 0.253 e. The van der Waals surface area contributed by atoms with Gasteiger partial charge in [-0.3, -0.25) is 9.69 Å². The molecule has 2 fully saturated rings. The molecule has 2 unspecified atom stereocenters. The van der Waals surface area contributed by atoms with Crippen LogP contribution in [0.15, 0.2) is 23.0 Å². The zero-order chi connectivity index (χ0) is 23.1. The van der Waals surface area contributed by atoms with Gasteiger partial charge < -0.3 is 14.5 Å². The van der Waals surface area contributed by atoms with Gasteiger partial charge in [0.15, 0.2) is 17.3 Å².